The summed E-state index contributed by atoms with van der Waals surface area (Å²) >= 11 is 0. The maximum atomic E-state index is 0. The van der Waals surface area contributed by atoms with Gasteiger partial charge in [-0.05, 0) is 0 Å². The van der Waals surface area contributed by atoms with Crippen LogP contribution in [-0.2, 0) is 27.4 Å². The van der Waals surface area contributed by atoms with Gasteiger partial charge in [0.15, 0.2) is 0 Å². The number of rotatable bonds is 0. The second-order valence-corrected chi connectivity index (χ2v) is 0. The average molecular weight is 397 g/mol. The monoisotopic (exact) mass is 392 g/mol. The summed E-state index contributed by atoms with van der Waals surface area (Å²) in [7, 11) is 0. The average Bonchev–Trinajstić information content (AvgIpc) is 0. The van der Waals surface area contributed by atoms with E-state index in [1.54, 1.807) is 0 Å². The van der Waals surface area contributed by atoms with Gasteiger partial charge in [-0.1, -0.05) is 0 Å². The Kier molecular flexibility index (Phi) is 1710. The van der Waals surface area contributed by atoms with Gasteiger partial charge in [-0.25, -0.2) is 0 Å². The zero-order valence-corrected chi connectivity index (χ0v) is 11.0. The second-order valence-electron chi connectivity index (χ2n) is 0. The van der Waals surface area contributed by atoms with Gasteiger partial charge in [-0.15, -0.1) is 0 Å². The third-order valence-electron chi connectivity index (χ3n) is 0. The van der Waals surface area contributed by atoms with E-state index in [0.29, 0.717) is 0 Å². The summed E-state index contributed by atoms with van der Waals surface area (Å²) in [5, 5.41) is 0. The van der Waals surface area contributed by atoms with Gasteiger partial charge in [-0.2, -0.15) is 0 Å². The summed E-state index contributed by atoms with van der Waals surface area (Å²) in [5.41, 5.74) is 0. The molecule has 0 fully saturated rings. The fourth-order valence-corrected chi connectivity index (χ4v) is 0. The normalized spacial score (nSPS) is 0. The predicted molar refractivity (Wildman–Crippen MR) is 9.19 cm³/mol. The van der Waals surface area contributed by atoms with Crippen molar-refractivity contribution in [3.8, 4) is 0 Å². The van der Waals surface area contributed by atoms with Crippen LogP contribution in [0.15, 0.2) is 0 Å². The minimum absolute atomic E-state index is 0. The van der Waals surface area contributed by atoms with Crippen molar-refractivity contribution in [3.63, 3.8) is 0 Å². The van der Waals surface area contributed by atoms with E-state index >= 15 is 0 Å². The Morgan fingerprint density at radius 1 is 0.375 bits per heavy atom. The molecule has 0 rings (SSSR count). The van der Waals surface area contributed by atoms with Crippen LogP contribution in [0, 0.1) is 81.7 Å². The molecule has 0 bridgehead atoms. The molecular formula is Nd2O5Si. The van der Waals surface area contributed by atoms with Crippen molar-refractivity contribution in [3.05, 3.63) is 0 Å². The van der Waals surface area contributed by atoms with Crippen LogP contribution in [0.25, 0.3) is 0 Å². The van der Waals surface area contributed by atoms with Gasteiger partial charge in [0, 0.05) is 0 Å². The van der Waals surface area contributed by atoms with Crippen molar-refractivity contribution >= 4 is 11.0 Å². The minimum Gasteiger partial charge on any atom is -2.00 e. The largest absolute Gasteiger partial charge is 4.00 e. The van der Waals surface area contributed by atoms with Crippen LogP contribution in [0.4, 0.5) is 0 Å². The molecule has 0 saturated carbocycles. The van der Waals surface area contributed by atoms with Gasteiger partial charge < -0.3 is 27.4 Å². The van der Waals surface area contributed by atoms with E-state index in [2.05, 4.69) is 0 Å². The maximum absolute atomic E-state index is 0. The topological polar surface area (TPSA) is 142 Å². The molecule has 0 aliphatic heterocycles. The van der Waals surface area contributed by atoms with Crippen molar-refractivity contribution in [2.24, 2.45) is 0 Å². The molecule has 0 aliphatic rings. The molecule has 0 unspecified atom stereocenters. The summed E-state index contributed by atoms with van der Waals surface area (Å²) < 4.78 is 0. The van der Waals surface area contributed by atoms with Crippen LogP contribution >= 0.6 is 0 Å². The van der Waals surface area contributed by atoms with E-state index in [4.69, 9.17) is 0 Å². The molecule has 0 atom stereocenters. The van der Waals surface area contributed by atoms with Gasteiger partial charge in [0.25, 0.3) is 0 Å². The Bertz CT molecular complexity index is 10.4. The molecule has 0 aromatic heterocycles. The quantitative estimate of drug-likeness (QED) is 0.464. The molecule has 2 radical (unpaired) electrons. The summed E-state index contributed by atoms with van der Waals surface area (Å²) in [5.74, 6) is 0. The van der Waals surface area contributed by atoms with Crippen molar-refractivity contribution in [1.82, 2.24) is 0 Å². The minimum atomic E-state index is 0. The molecule has 8 heteroatoms. The SMILES string of the molecule is [Nd+3].[Nd+3].[O-2].[O-2].[O-2].[O-2].[O-2].[Si+4]. The first-order valence-corrected chi connectivity index (χ1v) is 0. The Morgan fingerprint density at radius 3 is 0.375 bits per heavy atom. The summed E-state index contributed by atoms with van der Waals surface area (Å²) in [4.78, 5) is 0. The van der Waals surface area contributed by atoms with E-state index in [-0.39, 0.29) is 120 Å². The molecule has 0 amide bonds. The van der Waals surface area contributed by atoms with Gasteiger partial charge >= 0.3 is 92.6 Å². The first-order valence-electron chi connectivity index (χ1n) is 0. The van der Waals surface area contributed by atoms with E-state index < -0.39 is 0 Å². The van der Waals surface area contributed by atoms with Crippen LogP contribution in [0.1, 0.15) is 0 Å². The third-order valence-corrected chi connectivity index (χ3v) is 0. The van der Waals surface area contributed by atoms with Crippen LogP contribution in [0.2, 0.25) is 0 Å². The van der Waals surface area contributed by atoms with E-state index in [1.165, 1.54) is 0 Å². The molecule has 0 spiro atoms. The van der Waals surface area contributed by atoms with E-state index in [1.807, 2.05) is 0 Å². The Hall–Kier alpha value is 2.72. The Labute approximate surface area is 118 Å². The Morgan fingerprint density at radius 2 is 0.375 bits per heavy atom. The predicted octanol–water partition coefficient (Wildman–Crippen LogP) is -0.975. The first-order chi connectivity index (χ1) is 0. The molecule has 0 N–H and O–H groups in total. The maximum Gasteiger partial charge on any atom is 4.00 e. The van der Waals surface area contributed by atoms with E-state index in [0.717, 1.165) is 0 Å². The molecule has 5 nitrogen and oxygen atoms in total. The number of hydrogen-bond acceptors (Lipinski definition) is 0. The third kappa shape index (κ3) is 70.3. The molecule has 0 saturated heterocycles. The summed E-state index contributed by atoms with van der Waals surface area (Å²) in [6, 6.07) is 0. The van der Waals surface area contributed by atoms with Crippen molar-refractivity contribution in [2.75, 3.05) is 0 Å². The van der Waals surface area contributed by atoms with Crippen molar-refractivity contribution in [1.29, 1.82) is 0 Å². The molecule has 42 valence electrons. The van der Waals surface area contributed by atoms with Gasteiger partial charge in [0.2, 0.25) is 0 Å². The summed E-state index contributed by atoms with van der Waals surface area (Å²) in [6.07, 6.45) is 0. The zero-order valence-electron chi connectivity index (χ0n) is 3.54. The molecule has 0 aliphatic carbocycles. The van der Waals surface area contributed by atoms with E-state index in [9.17, 15) is 0 Å². The fourth-order valence-electron chi connectivity index (χ4n) is 0. The molecular weight excluding hydrogens is 397 g/mol. The number of hydrogen-bond donors (Lipinski definition) is 0. The Balaban J connectivity index is 0. The standard InChI is InChI=1S/2Nd.5O.Si/q2*+3;5*-2;+4. The summed E-state index contributed by atoms with van der Waals surface area (Å²) in [6.45, 7) is 0. The molecule has 0 aromatic carbocycles. The van der Waals surface area contributed by atoms with Crippen molar-refractivity contribution in [2.45, 2.75) is 0 Å². The van der Waals surface area contributed by atoms with Crippen molar-refractivity contribution < 1.29 is 109 Å². The second kappa shape index (κ2) is 100.0. The van der Waals surface area contributed by atoms with Crippen LogP contribution in [-0.4, -0.2) is 11.0 Å². The van der Waals surface area contributed by atoms with Crippen LogP contribution in [0.3, 0.4) is 0 Å². The fraction of sp³-hybridized carbons (Fsp3) is 0. The van der Waals surface area contributed by atoms with Crippen LogP contribution < -0.4 is 0 Å². The van der Waals surface area contributed by atoms with Gasteiger partial charge in [-0.3, -0.25) is 0 Å². The molecule has 8 heavy (non-hydrogen) atoms. The molecule has 0 aromatic rings. The zero-order chi connectivity index (χ0) is 0. The van der Waals surface area contributed by atoms with Crippen LogP contribution in [0.5, 0.6) is 0 Å². The smallest absolute Gasteiger partial charge is 2.00 e. The van der Waals surface area contributed by atoms with Gasteiger partial charge in [0.05, 0.1) is 0 Å². The molecule has 0 heterocycles. The van der Waals surface area contributed by atoms with Gasteiger partial charge in [0.1, 0.15) is 0 Å². The first kappa shape index (κ1) is 137.